The molecule has 0 amide bonds. The molecule has 0 bridgehead atoms. The first-order valence-corrected chi connectivity index (χ1v) is 5.56. The van der Waals surface area contributed by atoms with Crippen LogP contribution >= 0.6 is 0 Å². The minimum atomic E-state index is -0.731. The molecular weight excluding hydrogens is 268 g/mol. The minimum Gasteiger partial charge on any atom is -0.506 e. The summed E-state index contributed by atoms with van der Waals surface area (Å²) in [6.07, 6.45) is 2.67. The van der Waals surface area contributed by atoms with E-state index < -0.39 is 11.6 Å². The Bertz CT molecular complexity index is 754. The fraction of sp³-hybridized carbons (Fsp3) is 0. The topological polar surface area (TPSA) is 72.0 Å². The Morgan fingerprint density at radius 3 is 2.40 bits per heavy atom. The Morgan fingerprint density at radius 2 is 1.70 bits per heavy atom. The van der Waals surface area contributed by atoms with Gasteiger partial charge in [0.15, 0.2) is 0 Å². The molecule has 1 aromatic carbocycles. The van der Waals surface area contributed by atoms with Crippen LogP contribution in [-0.4, -0.2) is 20.2 Å². The van der Waals surface area contributed by atoms with E-state index in [4.69, 9.17) is 4.52 Å². The quantitative estimate of drug-likeness (QED) is 0.778. The normalized spacial score (nSPS) is 10.7. The molecule has 100 valence electrons. The number of nitrogens with zero attached hydrogens (tertiary/aromatic N) is 3. The number of aromatic hydroxyl groups is 1. The summed E-state index contributed by atoms with van der Waals surface area (Å²) in [5, 5.41) is 13.0. The van der Waals surface area contributed by atoms with E-state index in [9.17, 15) is 13.9 Å². The summed E-state index contributed by atoms with van der Waals surface area (Å²) in [5.74, 6) is -1.38. The van der Waals surface area contributed by atoms with Gasteiger partial charge in [-0.1, -0.05) is 5.16 Å². The van der Waals surface area contributed by atoms with Gasteiger partial charge in [0, 0.05) is 17.8 Å². The van der Waals surface area contributed by atoms with E-state index in [2.05, 4.69) is 15.1 Å². The zero-order valence-electron chi connectivity index (χ0n) is 9.92. The lowest BCUT2D eigenvalue weighted by Gasteiger charge is -1.95. The molecule has 3 aromatic rings. The van der Waals surface area contributed by atoms with Gasteiger partial charge in [-0.15, -0.1) is 0 Å². The Hall–Kier alpha value is -2.83. The highest BCUT2D eigenvalue weighted by molar-refractivity contribution is 5.60. The molecule has 20 heavy (non-hydrogen) atoms. The van der Waals surface area contributed by atoms with Crippen LogP contribution < -0.4 is 0 Å². The van der Waals surface area contributed by atoms with E-state index in [0.29, 0.717) is 5.56 Å². The number of benzene rings is 1. The molecule has 0 aliphatic rings. The van der Waals surface area contributed by atoms with Crippen molar-refractivity contribution in [2.75, 3.05) is 0 Å². The Morgan fingerprint density at radius 1 is 0.950 bits per heavy atom. The number of pyridine rings is 1. The average Bonchev–Trinajstić information content (AvgIpc) is 2.87. The van der Waals surface area contributed by atoms with Crippen LogP contribution in [0, 0.1) is 11.6 Å². The molecule has 0 saturated heterocycles. The Kier molecular flexibility index (Phi) is 2.86. The second-order valence-corrected chi connectivity index (χ2v) is 4.01. The van der Waals surface area contributed by atoms with Crippen molar-refractivity contribution in [3.05, 3.63) is 48.3 Å². The van der Waals surface area contributed by atoms with Crippen molar-refractivity contribution in [3.8, 4) is 28.6 Å². The van der Waals surface area contributed by atoms with Crippen LogP contribution in [0.3, 0.4) is 0 Å². The average molecular weight is 275 g/mol. The maximum absolute atomic E-state index is 13.1. The van der Waals surface area contributed by atoms with E-state index in [1.807, 2.05) is 0 Å². The van der Waals surface area contributed by atoms with Crippen molar-refractivity contribution in [2.45, 2.75) is 0 Å². The molecule has 0 saturated carbocycles. The third-order valence-corrected chi connectivity index (χ3v) is 2.52. The number of rotatable bonds is 2. The first kappa shape index (κ1) is 12.2. The summed E-state index contributed by atoms with van der Waals surface area (Å²) in [5.41, 5.74) is 0.561. The summed E-state index contributed by atoms with van der Waals surface area (Å²) in [4.78, 5) is 7.78. The summed E-state index contributed by atoms with van der Waals surface area (Å²) in [6.45, 7) is 0. The third kappa shape index (κ3) is 2.33. The molecule has 0 aliphatic heterocycles. The summed E-state index contributed by atoms with van der Waals surface area (Å²) in [6, 6.07) is 4.33. The molecule has 0 aliphatic carbocycles. The van der Waals surface area contributed by atoms with Crippen molar-refractivity contribution in [3.63, 3.8) is 0 Å². The largest absolute Gasteiger partial charge is 0.506 e. The van der Waals surface area contributed by atoms with E-state index in [1.54, 1.807) is 0 Å². The fourth-order valence-corrected chi connectivity index (χ4v) is 1.69. The van der Waals surface area contributed by atoms with Crippen LogP contribution in [0.5, 0.6) is 5.75 Å². The Labute approximate surface area is 111 Å². The highest BCUT2D eigenvalue weighted by Gasteiger charge is 2.13. The monoisotopic (exact) mass is 275 g/mol. The molecule has 7 heteroatoms. The molecule has 0 unspecified atom stereocenters. The third-order valence-electron chi connectivity index (χ3n) is 2.52. The van der Waals surface area contributed by atoms with Gasteiger partial charge in [0.1, 0.15) is 17.4 Å². The van der Waals surface area contributed by atoms with Gasteiger partial charge >= 0.3 is 0 Å². The second-order valence-electron chi connectivity index (χ2n) is 4.01. The molecule has 0 radical (unpaired) electrons. The van der Waals surface area contributed by atoms with Crippen molar-refractivity contribution in [1.29, 1.82) is 0 Å². The van der Waals surface area contributed by atoms with Crippen LogP contribution in [-0.2, 0) is 0 Å². The number of hydrogen-bond donors (Lipinski definition) is 1. The summed E-state index contributed by atoms with van der Waals surface area (Å²) in [7, 11) is 0. The van der Waals surface area contributed by atoms with Crippen molar-refractivity contribution in [1.82, 2.24) is 15.1 Å². The van der Waals surface area contributed by atoms with E-state index in [1.165, 1.54) is 18.5 Å². The number of aromatic nitrogens is 3. The zero-order valence-corrected chi connectivity index (χ0v) is 9.92. The van der Waals surface area contributed by atoms with Crippen molar-refractivity contribution >= 4 is 0 Å². The van der Waals surface area contributed by atoms with Gasteiger partial charge in [-0.05, 0) is 18.2 Å². The second kappa shape index (κ2) is 4.69. The predicted molar refractivity (Wildman–Crippen MR) is 64.5 cm³/mol. The number of hydrogen-bond acceptors (Lipinski definition) is 5. The van der Waals surface area contributed by atoms with Crippen molar-refractivity contribution in [2.24, 2.45) is 0 Å². The molecule has 2 aromatic heterocycles. The first-order chi connectivity index (χ1) is 9.61. The molecule has 0 spiro atoms. The molecule has 1 N–H and O–H groups in total. The molecule has 0 atom stereocenters. The lowest BCUT2D eigenvalue weighted by atomic mass is 10.2. The van der Waals surface area contributed by atoms with Gasteiger partial charge < -0.3 is 9.63 Å². The molecular formula is C13H7F2N3O2. The highest BCUT2D eigenvalue weighted by atomic mass is 19.1. The van der Waals surface area contributed by atoms with E-state index >= 15 is 0 Å². The van der Waals surface area contributed by atoms with Crippen molar-refractivity contribution < 1.29 is 18.4 Å². The van der Waals surface area contributed by atoms with Gasteiger partial charge in [0.05, 0.1) is 11.8 Å². The number of halogens is 2. The van der Waals surface area contributed by atoms with Crippen LogP contribution in [0.1, 0.15) is 0 Å². The first-order valence-electron chi connectivity index (χ1n) is 5.56. The minimum absolute atomic E-state index is 0.0433. The molecule has 2 heterocycles. The highest BCUT2D eigenvalue weighted by Crippen LogP contribution is 2.24. The van der Waals surface area contributed by atoms with Gasteiger partial charge in [0.2, 0.25) is 5.82 Å². The van der Waals surface area contributed by atoms with Crippen LogP contribution in [0.15, 0.2) is 41.2 Å². The molecule has 0 fully saturated rings. The lowest BCUT2D eigenvalue weighted by Crippen LogP contribution is -1.86. The van der Waals surface area contributed by atoms with E-state index in [-0.39, 0.29) is 23.0 Å². The predicted octanol–water partition coefficient (Wildman–Crippen LogP) is 2.78. The SMILES string of the molecule is Oc1cncc(-c2nc(-c3cc(F)cc(F)c3)no2)c1. The van der Waals surface area contributed by atoms with E-state index in [0.717, 1.165) is 18.2 Å². The maximum atomic E-state index is 13.1. The molecule has 3 rings (SSSR count). The summed E-state index contributed by atoms with van der Waals surface area (Å²) >= 11 is 0. The molecule has 5 nitrogen and oxygen atoms in total. The van der Waals surface area contributed by atoms with Crippen LogP contribution in [0.25, 0.3) is 22.8 Å². The van der Waals surface area contributed by atoms with Gasteiger partial charge in [-0.3, -0.25) is 4.98 Å². The standard InChI is InChI=1S/C13H7F2N3O2/c14-9-1-7(2-10(15)4-9)12-17-13(20-18-12)8-3-11(19)6-16-5-8/h1-6,19H. The van der Waals surface area contributed by atoms with Crippen LogP contribution in [0.2, 0.25) is 0 Å². The smallest absolute Gasteiger partial charge is 0.259 e. The Balaban J connectivity index is 2.02. The van der Waals surface area contributed by atoms with Gasteiger partial charge in [-0.2, -0.15) is 4.98 Å². The lowest BCUT2D eigenvalue weighted by molar-refractivity contribution is 0.431. The van der Waals surface area contributed by atoms with Crippen LogP contribution in [0.4, 0.5) is 8.78 Å². The maximum Gasteiger partial charge on any atom is 0.259 e. The summed E-state index contributed by atoms with van der Waals surface area (Å²) < 4.78 is 31.2. The zero-order chi connectivity index (χ0) is 14.1. The fourth-order valence-electron chi connectivity index (χ4n) is 1.69. The van der Waals surface area contributed by atoms with Gasteiger partial charge in [-0.25, -0.2) is 8.78 Å². The van der Waals surface area contributed by atoms with Gasteiger partial charge in [0.25, 0.3) is 5.89 Å².